The normalized spacial score (nSPS) is 10.4. The minimum Gasteiger partial charge on any atom is -0.490 e. The summed E-state index contributed by atoms with van der Waals surface area (Å²) in [5.74, 6) is 14.0. The van der Waals surface area contributed by atoms with Crippen LogP contribution in [0.15, 0.2) is 119 Å². The van der Waals surface area contributed by atoms with Crippen LogP contribution >= 0.6 is 0 Å². The summed E-state index contributed by atoms with van der Waals surface area (Å²) >= 11 is 0. The Morgan fingerprint density at radius 2 is 0.981 bits per heavy atom. The predicted octanol–water partition coefficient (Wildman–Crippen LogP) is 8.48. The molecule has 0 aliphatic heterocycles. The molecule has 52 heavy (non-hydrogen) atoms. The molecule has 0 saturated heterocycles. The summed E-state index contributed by atoms with van der Waals surface area (Å²) in [6.07, 6.45) is 2.23. The van der Waals surface area contributed by atoms with E-state index in [1.54, 1.807) is 0 Å². The maximum Gasteiger partial charge on any atom is 0.330 e. The summed E-state index contributed by atoms with van der Waals surface area (Å²) in [6.45, 7) is 11.7. The molecule has 2 aromatic heterocycles. The Kier molecular flexibility index (Phi) is 10.9. The number of hydrogen-bond donors (Lipinski definition) is 0. The van der Waals surface area contributed by atoms with Gasteiger partial charge < -0.3 is 27.8 Å². The third-order valence-corrected chi connectivity index (χ3v) is 8.13. The molecule has 2 heterocycles. The van der Waals surface area contributed by atoms with Crippen LogP contribution in [0.4, 0.5) is 0 Å². The number of benzene rings is 4. The summed E-state index contributed by atoms with van der Waals surface area (Å²) in [6, 6.07) is 26.8. The highest BCUT2D eigenvalue weighted by Crippen LogP contribution is 2.36. The highest BCUT2D eigenvalue weighted by Gasteiger charge is 2.15. The van der Waals surface area contributed by atoms with E-state index in [9.17, 15) is 9.59 Å². The van der Waals surface area contributed by atoms with Gasteiger partial charge in [-0.25, -0.2) is 9.59 Å². The molecule has 0 bridgehead atoms. The molecule has 6 aromatic rings. The van der Waals surface area contributed by atoms with Crippen LogP contribution in [0, 0.1) is 37.5 Å². The molecule has 0 saturated carbocycles. The second-order valence-electron chi connectivity index (χ2n) is 11.5. The summed E-state index contributed by atoms with van der Waals surface area (Å²) in [5, 5.41) is 1.99. The van der Waals surface area contributed by atoms with Crippen LogP contribution in [-0.2, 0) is 19.1 Å². The average molecular weight is 691 g/mol. The fourth-order valence-corrected chi connectivity index (χ4v) is 5.47. The fraction of sp³-hybridized carbons (Fsp3) is 0.136. The SMILES string of the molecule is C=CC(=O)OCCOc1ccc(C#Cc2cc3c(C)c(-c4ccc5oc(C#Cc6ccc(OCCOC(=O)C=C)cc6)cc5c4C)ccc3o2)cc1. The van der Waals surface area contributed by atoms with E-state index in [2.05, 4.69) is 62.8 Å². The monoisotopic (exact) mass is 690 g/mol. The van der Waals surface area contributed by atoms with Crippen LogP contribution in [-0.4, -0.2) is 38.4 Å². The molecular weight excluding hydrogens is 656 g/mol. The number of carbonyl (C=O) groups excluding carboxylic acids is 2. The number of ether oxygens (including phenoxy) is 4. The largest absolute Gasteiger partial charge is 0.490 e. The molecule has 4 aromatic carbocycles. The van der Waals surface area contributed by atoms with Gasteiger partial charge in [0.1, 0.15) is 49.1 Å². The molecule has 0 fully saturated rings. The number of hydrogen-bond acceptors (Lipinski definition) is 8. The first kappa shape index (κ1) is 34.9. The van der Waals surface area contributed by atoms with Gasteiger partial charge in [-0.3, -0.25) is 0 Å². The minimum absolute atomic E-state index is 0.142. The molecule has 6 rings (SSSR count). The number of fused-ring (bicyclic) bond motifs is 2. The van der Waals surface area contributed by atoms with E-state index in [-0.39, 0.29) is 26.4 Å². The number of furan rings is 2. The molecule has 8 nitrogen and oxygen atoms in total. The van der Waals surface area contributed by atoms with E-state index < -0.39 is 11.9 Å². The van der Waals surface area contributed by atoms with E-state index in [4.69, 9.17) is 27.8 Å². The van der Waals surface area contributed by atoms with Crippen molar-refractivity contribution in [1.29, 1.82) is 0 Å². The first-order valence-corrected chi connectivity index (χ1v) is 16.5. The van der Waals surface area contributed by atoms with Crippen molar-refractivity contribution in [1.82, 2.24) is 0 Å². The minimum atomic E-state index is -0.480. The van der Waals surface area contributed by atoms with Crippen LogP contribution in [0.5, 0.6) is 11.5 Å². The highest BCUT2D eigenvalue weighted by atomic mass is 16.6. The first-order chi connectivity index (χ1) is 25.3. The van der Waals surface area contributed by atoms with Crippen molar-refractivity contribution in [2.75, 3.05) is 26.4 Å². The van der Waals surface area contributed by atoms with Gasteiger partial charge in [0, 0.05) is 46.2 Å². The lowest BCUT2D eigenvalue weighted by atomic mass is 9.93. The van der Waals surface area contributed by atoms with Gasteiger partial charge in [-0.1, -0.05) is 37.1 Å². The third-order valence-electron chi connectivity index (χ3n) is 8.13. The van der Waals surface area contributed by atoms with Gasteiger partial charge in [-0.2, -0.15) is 0 Å². The van der Waals surface area contributed by atoms with Crippen molar-refractivity contribution in [2.24, 2.45) is 0 Å². The topological polar surface area (TPSA) is 97.3 Å². The first-order valence-electron chi connectivity index (χ1n) is 16.5. The van der Waals surface area contributed by atoms with Crippen molar-refractivity contribution in [3.8, 4) is 46.3 Å². The van der Waals surface area contributed by atoms with Gasteiger partial charge in [0.25, 0.3) is 0 Å². The number of esters is 2. The Bertz CT molecular complexity index is 2230. The molecule has 0 N–H and O–H groups in total. The van der Waals surface area contributed by atoms with E-state index in [0.29, 0.717) is 23.0 Å². The quantitative estimate of drug-likeness (QED) is 0.0578. The standard InChI is InChI=1S/C44H34O8/c1-5-43(45)49-25-23-47-33-13-7-31(8-14-33)11-17-35-27-39-29(3)37(19-21-41(39)51-35)38-20-22-42-40(30(38)4)28-36(52-42)18-12-32-9-15-34(16-10-32)48-24-26-50-44(46)6-2/h5-10,13-16,19-22,27-28H,1-2,23-26H2,3-4H3. The summed E-state index contributed by atoms with van der Waals surface area (Å²) in [5.41, 5.74) is 7.51. The van der Waals surface area contributed by atoms with Crippen molar-refractivity contribution in [3.63, 3.8) is 0 Å². The van der Waals surface area contributed by atoms with Crippen LogP contribution in [0.3, 0.4) is 0 Å². The lowest BCUT2D eigenvalue weighted by Gasteiger charge is -2.10. The number of aryl methyl sites for hydroxylation is 2. The predicted molar refractivity (Wildman–Crippen MR) is 199 cm³/mol. The second-order valence-corrected chi connectivity index (χ2v) is 11.5. The molecular formula is C44H34O8. The van der Waals surface area contributed by atoms with Crippen LogP contribution in [0.2, 0.25) is 0 Å². The molecule has 0 spiro atoms. The fourth-order valence-electron chi connectivity index (χ4n) is 5.47. The van der Waals surface area contributed by atoms with Gasteiger partial charge in [-0.05, 0) is 109 Å². The van der Waals surface area contributed by atoms with E-state index in [1.807, 2.05) is 72.8 Å². The second kappa shape index (κ2) is 16.2. The van der Waals surface area contributed by atoms with E-state index in [0.717, 1.165) is 67.5 Å². The average Bonchev–Trinajstić information content (AvgIpc) is 3.80. The zero-order valence-electron chi connectivity index (χ0n) is 28.7. The van der Waals surface area contributed by atoms with Crippen LogP contribution in [0.1, 0.15) is 33.8 Å². The van der Waals surface area contributed by atoms with E-state index in [1.165, 1.54) is 0 Å². The Balaban J connectivity index is 1.13. The van der Waals surface area contributed by atoms with Crippen LogP contribution < -0.4 is 9.47 Å². The number of carbonyl (C=O) groups is 2. The van der Waals surface area contributed by atoms with Gasteiger partial charge in [0.2, 0.25) is 0 Å². The molecule has 0 radical (unpaired) electrons. The smallest absolute Gasteiger partial charge is 0.330 e. The Hall–Kier alpha value is -6.90. The lowest BCUT2D eigenvalue weighted by molar-refractivity contribution is -0.139. The zero-order valence-corrected chi connectivity index (χ0v) is 28.7. The molecule has 0 unspecified atom stereocenters. The maximum absolute atomic E-state index is 11.1. The maximum atomic E-state index is 11.1. The van der Waals surface area contributed by atoms with Crippen molar-refractivity contribution < 1.29 is 37.4 Å². The zero-order chi connectivity index (χ0) is 36.5. The van der Waals surface area contributed by atoms with Crippen molar-refractivity contribution >= 4 is 33.9 Å². The molecule has 0 atom stereocenters. The van der Waals surface area contributed by atoms with Crippen molar-refractivity contribution in [2.45, 2.75) is 13.8 Å². The molecule has 0 amide bonds. The van der Waals surface area contributed by atoms with Gasteiger partial charge in [-0.15, -0.1) is 0 Å². The molecule has 0 aliphatic rings. The Morgan fingerprint density at radius 3 is 1.37 bits per heavy atom. The Labute approximate surface area is 301 Å². The highest BCUT2D eigenvalue weighted by molar-refractivity contribution is 5.94. The lowest BCUT2D eigenvalue weighted by Crippen LogP contribution is -2.10. The van der Waals surface area contributed by atoms with Gasteiger partial charge in [0.05, 0.1) is 0 Å². The number of rotatable bonds is 11. The van der Waals surface area contributed by atoms with Gasteiger partial charge in [0.15, 0.2) is 11.5 Å². The molecule has 258 valence electrons. The summed E-state index contributed by atoms with van der Waals surface area (Å²) in [4.78, 5) is 22.3. The molecule has 8 heteroatoms. The van der Waals surface area contributed by atoms with Crippen LogP contribution in [0.25, 0.3) is 33.1 Å². The summed E-state index contributed by atoms with van der Waals surface area (Å²) < 4.78 is 33.2. The van der Waals surface area contributed by atoms with Crippen molar-refractivity contribution in [3.05, 3.63) is 144 Å². The van der Waals surface area contributed by atoms with Gasteiger partial charge >= 0.3 is 11.9 Å². The Morgan fingerprint density at radius 1 is 0.577 bits per heavy atom. The molecule has 0 aliphatic carbocycles. The summed E-state index contributed by atoms with van der Waals surface area (Å²) in [7, 11) is 0. The van der Waals surface area contributed by atoms with E-state index >= 15 is 0 Å². The third kappa shape index (κ3) is 8.45.